The lowest BCUT2D eigenvalue weighted by Gasteiger charge is -2.50. The molecule has 1 aliphatic heterocycles. The van der Waals surface area contributed by atoms with E-state index in [0.29, 0.717) is 42.3 Å². The van der Waals surface area contributed by atoms with Gasteiger partial charge in [0.15, 0.2) is 0 Å². The minimum Gasteiger partial charge on any atom is -0.379 e. The summed E-state index contributed by atoms with van der Waals surface area (Å²) in [5.41, 5.74) is 1.91. The topological polar surface area (TPSA) is 88.5 Å². The Bertz CT molecular complexity index is 1140. The Morgan fingerprint density at radius 3 is 2.58 bits per heavy atom. The first-order valence-electron chi connectivity index (χ1n) is 12.8. The van der Waals surface area contributed by atoms with Crippen molar-refractivity contribution in [3.63, 3.8) is 0 Å². The summed E-state index contributed by atoms with van der Waals surface area (Å²) in [5.74, 6) is 1.10. The van der Waals surface area contributed by atoms with Gasteiger partial charge in [-0.3, -0.25) is 9.59 Å². The van der Waals surface area contributed by atoms with Crippen LogP contribution in [0.25, 0.3) is 0 Å². The predicted octanol–water partition coefficient (Wildman–Crippen LogP) is 4.49. The van der Waals surface area contributed by atoms with E-state index in [-0.39, 0.29) is 28.9 Å². The number of nitrogens with zero attached hydrogens (tertiary/aromatic N) is 3. The summed E-state index contributed by atoms with van der Waals surface area (Å²) in [6.45, 7) is 14.1. The molecule has 1 aliphatic carbocycles. The SMILES string of the molecule is C[C@@H]1[C@@H](C)C(C)(C)[C@@H](C)C[C@H]1Nc1cnn(CC(=O)Nc2ccccc2N2CCOCC2)c(=O)c1Cl. The van der Waals surface area contributed by atoms with Gasteiger partial charge in [0.1, 0.15) is 11.6 Å². The summed E-state index contributed by atoms with van der Waals surface area (Å²) in [4.78, 5) is 28.0. The van der Waals surface area contributed by atoms with Gasteiger partial charge < -0.3 is 20.3 Å². The lowest BCUT2D eigenvalue weighted by Crippen LogP contribution is -2.48. The van der Waals surface area contributed by atoms with E-state index in [2.05, 4.69) is 55.3 Å². The Morgan fingerprint density at radius 1 is 1.17 bits per heavy atom. The Kier molecular flexibility index (Phi) is 7.95. The molecule has 36 heavy (non-hydrogen) atoms. The first-order valence-corrected chi connectivity index (χ1v) is 13.2. The molecule has 2 aliphatic rings. The van der Waals surface area contributed by atoms with Gasteiger partial charge in [0.25, 0.3) is 5.56 Å². The highest BCUT2D eigenvalue weighted by Gasteiger charge is 2.43. The van der Waals surface area contributed by atoms with Crippen LogP contribution < -0.4 is 21.1 Å². The third-order valence-corrected chi connectivity index (χ3v) is 8.99. The lowest BCUT2D eigenvalue weighted by atomic mass is 9.58. The van der Waals surface area contributed by atoms with Crippen LogP contribution >= 0.6 is 11.6 Å². The number of halogens is 1. The zero-order chi connectivity index (χ0) is 26.0. The molecule has 1 saturated carbocycles. The Balaban J connectivity index is 1.45. The van der Waals surface area contributed by atoms with Crippen LogP contribution in [0.4, 0.5) is 17.1 Å². The van der Waals surface area contributed by atoms with E-state index in [0.717, 1.165) is 29.9 Å². The number of para-hydroxylation sites is 2. The monoisotopic (exact) mass is 515 g/mol. The molecule has 2 aromatic rings. The van der Waals surface area contributed by atoms with Gasteiger partial charge in [-0.1, -0.05) is 58.4 Å². The zero-order valence-electron chi connectivity index (χ0n) is 21.9. The number of rotatable bonds is 6. The van der Waals surface area contributed by atoms with Crippen molar-refractivity contribution < 1.29 is 9.53 Å². The Hall–Kier alpha value is -2.58. The molecule has 1 amide bonds. The molecule has 0 spiro atoms. The predicted molar refractivity (Wildman–Crippen MR) is 145 cm³/mol. The van der Waals surface area contributed by atoms with Crippen molar-refractivity contribution in [2.24, 2.45) is 23.2 Å². The van der Waals surface area contributed by atoms with Crippen LogP contribution in [-0.2, 0) is 16.1 Å². The molecule has 1 saturated heterocycles. The van der Waals surface area contributed by atoms with Crippen LogP contribution in [0.2, 0.25) is 5.02 Å². The highest BCUT2D eigenvalue weighted by atomic mass is 35.5. The standard InChI is InChI=1S/C27H38ClN5O3/c1-17-14-21(18(2)19(3)27(17,4)5)30-22-15-29-33(26(35)25(22)28)16-24(34)31-20-8-6-7-9-23(20)32-10-12-36-13-11-32/h6-9,15,17-19,21,30H,10-14,16H2,1-5H3,(H,31,34)/t17-,18+,19+,21+/m0/s1. The second kappa shape index (κ2) is 10.8. The van der Waals surface area contributed by atoms with Gasteiger partial charge in [0, 0.05) is 19.1 Å². The number of benzene rings is 1. The fourth-order valence-electron chi connectivity index (χ4n) is 5.43. The van der Waals surface area contributed by atoms with E-state index in [1.807, 2.05) is 24.3 Å². The second-order valence-corrected chi connectivity index (χ2v) is 11.2. The molecule has 1 aromatic carbocycles. The number of hydrogen-bond acceptors (Lipinski definition) is 6. The molecule has 2 N–H and O–H groups in total. The maximum Gasteiger partial charge on any atom is 0.288 e. The van der Waals surface area contributed by atoms with Gasteiger partial charge in [-0.2, -0.15) is 5.10 Å². The smallest absolute Gasteiger partial charge is 0.288 e. The van der Waals surface area contributed by atoms with Crippen molar-refractivity contribution in [3.05, 3.63) is 45.8 Å². The Morgan fingerprint density at radius 2 is 1.86 bits per heavy atom. The third-order valence-electron chi connectivity index (χ3n) is 8.62. The van der Waals surface area contributed by atoms with E-state index in [1.165, 1.54) is 0 Å². The number of carbonyl (C=O) groups excluding carboxylic acids is 1. The second-order valence-electron chi connectivity index (χ2n) is 10.9. The lowest BCUT2D eigenvalue weighted by molar-refractivity contribution is -0.117. The average Bonchev–Trinajstić information content (AvgIpc) is 2.87. The molecule has 9 heteroatoms. The van der Waals surface area contributed by atoms with Gasteiger partial charge in [0.05, 0.1) is 36.5 Å². The van der Waals surface area contributed by atoms with Gasteiger partial charge >= 0.3 is 0 Å². The number of carbonyl (C=O) groups is 1. The van der Waals surface area contributed by atoms with Crippen molar-refractivity contribution >= 4 is 34.6 Å². The van der Waals surface area contributed by atoms with Crippen LogP contribution in [0.15, 0.2) is 35.3 Å². The summed E-state index contributed by atoms with van der Waals surface area (Å²) >= 11 is 6.48. The fourth-order valence-corrected chi connectivity index (χ4v) is 5.63. The van der Waals surface area contributed by atoms with E-state index in [9.17, 15) is 9.59 Å². The number of amides is 1. The summed E-state index contributed by atoms with van der Waals surface area (Å²) in [5, 5.41) is 10.7. The van der Waals surface area contributed by atoms with Crippen LogP contribution in [0, 0.1) is 23.2 Å². The average molecular weight is 516 g/mol. The first-order chi connectivity index (χ1) is 17.1. The van der Waals surface area contributed by atoms with E-state index in [1.54, 1.807) is 6.20 Å². The molecular weight excluding hydrogens is 478 g/mol. The summed E-state index contributed by atoms with van der Waals surface area (Å²) in [6.07, 6.45) is 2.55. The fraction of sp³-hybridized carbons (Fsp3) is 0.593. The van der Waals surface area contributed by atoms with Crippen molar-refractivity contribution in [1.29, 1.82) is 0 Å². The van der Waals surface area contributed by atoms with Gasteiger partial charge in [-0.25, -0.2) is 4.68 Å². The minimum atomic E-state index is -0.483. The third kappa shape index (κ3) is 5.39. The molecule has 4 atom stereocenters. The zero-order valence-corrected chi connectivity index (χ0v) is 22.6. The maximum absolute atomic E-state index is 13.0. The normalized spacial score (nSPS) is 25.9. The molecule has 8 nitrogen and oxygen atoms in total. The molecule has 0 bridgehead atoms. The van der Waals surface area contributed by atoms with Crippen molar-refractivity contribution in [2.75, 3.05) is 41.8 Å². The maximum atomic E-state index is 13.0. The number of ether oxygens (including phenoxy) is 1. The van der Waals surface area contributed by atoms with Crippen LogP contribution in [0.1, 0.15) is 41.0 Å². The van der Waals surface area contributed by atoms with Crippen LogP contribution in [0.3, 0.4) is 0 Å². The van der Waals surface area contributed by atoms with Crippen molar-refractivity contribution in [3.8, 4) is 0 Å². The first kappa shape index (κ1) is 26.5. The van der Waals surface area contributed by atoms with Gasteiger partial charge in [-0.15, -0.1) is 0 Å². The van der Waals surface area contributed by atoms with Crippen molar-refractivity contribution in [2.45, 2.75) is 53.6 Å². The number of anilines is 3. The molecular formula is C27H38ClN5O3. The van der Waals surface area contributed by atoms with Gasteiger partial charge in [-0.05, 0) is 41.7 Å². The minimum absolute atomic E-state index is 0.0591. The number of morpholine rings is 1. The molecule has 2 fully saturated rings. The molecule has 0 radical (unpaired) electrons. The van der Waals surface area contributed by atoms with E-state index >= 15 is 0 Å². The van der Waals surface area contributed by atoms with Crippen LogP contribution in [-0.4, -0.2) is 48.0 Å². The number of hydrogen-bond donors (Lipinski definition) is 2. The van der Waals surface area contributed by atoms with Crippen molar-refractivity contribution in [1.82, 2.24) is 9.78 Å². The quantitative estimate of drug-likeness (QED) is 0.589. The highest BCUT2D eigenvalue weighted by molar-refractivity contribution is 6.32. The Labute approximate surface area is 218 Å². The highest BCUT2D eigenvalue weighted by Crippen LogP contribution is 2.48. The van der Waals surface area contributed by atoms with Gasteiger partial charge in [0.2, 0.25) is 5.91 Å². The van der Waals surface area contributed by atoms with E-state index in [4.69, 9.17) is 16.3 Å². The molecule has 0 unspecified atom stereocenters. The summed E-state index contributed by atoms with van der Waals surface area (Å²) < 4.78 is 6.55. The number of aromatic nitrogens is 2. The number of nitrogens with one attached hydrogen (secondary N) is 2. The molecule has 4 rings (SSSR count). The molecule has 2 heterocycles. The largest absolute Gasteiger partial charge is 0.379 e. The van der Waals surface area contributed by atoms with E-state index < -0.39 is 5.56 Å². The summed E-state index contributed by atoms with van der Waals surface area (Å²) in [7, 11) is 0. The van der Waals surface area contributed by atoms with Crippen LogP contribution in [0.5, 0.6) is 0 Å². The summed E-state index contributed by atoms with van der Waals surface area (Å²) in [6, 6.07) is 7.83. The molecule has 196 valence electrons. The molecule has 1 aromatic heterocycles.